The van der Waals surface area contributed by atoms with Crippen LogP contribution in [0.15, 0.2) is 42.1 Å². The number of hydrogen-bond donors (Lipinski definition) is 2. The maximum Gasteiger partial charge on any atom is 0.251 e. The van der Waals surface area contributed by atoms with Gasteiger partial charge in [-0.15, -0.1) is 28.1 Å². The highest BCUT2D eigenvalue weighted by atomic mass is 35.5. The number of carbonyl (C=O) groups excluding carboxylic acids is 2. The van der Waals surface area contributed by atoms with E-state index in [1.165, 1.54) is 28.0 Å². The van der Waals surface area contributed by atoms with Gasteiger partial charge in [-0.1, -0.05) is 50.2 Å². The number of fused-ring (bicyclic) bond motifs is 1. The molecule has 2 atom stereocenters. The van der Waals surface area contributed by atoms with Crippen LogP contribution in [0, 0.1) is 22.7 Å². The molecule has 2 N–H and O–H groups in total. The number of allylic oxidation sites excluding steroid dienone is 1. The average Bonchev–Trinajstić information content (AvgIpc) is 3.47. The summed E-state index contributed by atoms with van der Waals surface area (Å²) in [4.78, 5) is 26.8. The predicted molar refractivity (Wildman–Crippen MR) is 161 cm³/mol. The number of nitriles is 1. The quantitative estimate of drug-likeness (QED) is 0.218. The van der Waals surface area contributed by atoms with Crippen molar-refractivity contribution in [2.75, 3.05) is 11.1 Å². The van der Waals surface area contributed by atoms with E-state index in [4.69, 9.17) is 11.6 Å². The fourth-order valence-corrected chi connectivity index (χ4v) is 6.97. The van der Waals surface area contributed by atoms with Crippen LogP contribution < -0.4 is 10.6 Å². The van der Waals surface area contributed by atoms with Gasteiger partial charge in [0, 0.05) is 22.0 Å². The van der Waals surface area contributed by atoms with Crippen molar-refractivity contribution < 1.29 is 9.59 Å². The number of nitrogens with zero attached hydrogens (tertiary/aromatic N) is 4. The van der Waals surface area contributed by atoms with E-state index in [2.05, 4.69) is 54.3 Å². The minimum absolute atomic E-state index is 0.0961. The molecule has 2 aromatic heterocycles. The van der Waals surface area contributed by atoms with Gasteiger partial charge in [0.15, 0.2) is 11.0 Å². The summed E-state index contributed by atoms with van der Waals surface area (Å²) in [5.74, 6) is 0.723. The van der Waals surface area contributed by atoms with Gasteiger partial charge in [-0.05, 0) is 67.3 Å². The van der Waals surface area contributed by atoms with E-state index >= 15 is 0 Å². The lowest BCUT2D eigenvalue weighted by atomic mass is 9.72. The zero-order valence-electron chi connectivity index (χ0n) is 23.1. The Labute approximate surface area is 248 Å². The molecule has 0 radical (unpaired) electrons. The van der Waals surface area contributed by atoms with Crippen molar-refractivity contribution in [3.8, 4) is 6.07 Å². The minimum Gasteiger partial charge on any atom is -0.342 e. The molecule has 0 fully saturated rings. The lowest BCUT2D eigenvalue weighted by molar-refractivity contribution is -0.113. The Balaban J connectivity index is 1.42. The highest BCUT2D eigenvalue weighted by Gasteiger charge is 2.32. The summed E-state index contributed by atoms with van der Waals surface area (Å²) >= 11 is 8.69. The van der Waals surface area contributed by atoms with Crippen molar-refractivity contribution >= 4 is 51.5 Å². The number of hydrogen-bond acceptors (Lipinski definition) is 7. The number of thioether (sulfide) groups is 1. The Kier molecular flexibility index (Phi) is 9.39. The van der Waals surface area contributed by atoms with Gasteiger partial charge in [0.25, 0.3) is 5.91 Å². The Bertz CT molecular complexity index is 1450. The summed E-state index contributed by atoms with van der Waals surface area (Å²) in [7, 11) is 0. The molecular weight excluding hydrogens is 564 g/mol. The fourth-order valence-electron chi connectivity index (χ4n) is 4.80. The van der Waals surface area contributed by atoms with Gasteiger partial charge in [-0.25, -0.2) is 0 Å². The maximum atomic E-state index is 12.9. The van der Waals surface area contributed by atoms with Crippen LogP contribution in [0.25, 0.3) is 0 Å². The van der Waals surface area contributed by atoms with Crippen molar-refractivity contribution in [3.63, 3.8) is 0 Å². The third-order valence-corrected chi connectivity index (χ3v) is 9.47. The molecule has 40 heavy (non-hydrogen) atoms. The largest absolute Gasteiger partial charge is 0.342 e. The highest BCUT2D eigenvalue weighted by Crippen LogP contribution is 2.44. The van der Waals surface area contributed by atoms with Gasteiger partial charge >= 0.3 is 0 Å². The number of benzene rings is 1. The van der Waals surface area contributed by atoms with Crippen molar-refractivity contribution in [1.82, 2.24) is 20.1 Å². The van der Waals surface area contributed by atoms with Crippen molar-refractivity contribution in [2.24, 2.45) is 11.3 Å². The molecule has 0 unspecified atom stereocenters. The Morgan fingerprint density at radius 3 is 2.70 bits per heavy atom. The number of anilines is 1. The molecule has 4 rings (SSSR count). The summed E-state index contributed by atoms with van der Waals surface area (Å²) in [6.45, 7) is 12.8. The zero-order valence-corrected chi connectivity index (χ0v) is 25.5. The van der Waals surface area contributed by atoms with E-state index in [0.29, 0.717) is 44.6 Å². The van der Waals surface area contributed by atoms with Crippen LogP contribution in [0.3, 0.4) is 0 Å². The first-order valence-corrected chi connectivity index (χ1v) is 15.3. The number of nitrogens with one attached hydrogen (secondary N) is 2. The first-order valence-electron chi connectivity index (χ1n) is 13.1. The first kappa shape index (κ1) is 29.8. The molecule has 3 aromatic rings. The molecule has 2 heterocycles. The fraction of sp³-hybridized carbons (Fsp3) is 0.414. The molecule has 0 bridgehead atoms. The summed E-state index contributed by atoms with van der Waals surface area (Å²) in [5, 5.41) is 26.0. The number of rotatable bonds is 9. The smallest absolute Gasteiger partial charge is 0.251 e. The average molecular weight is 597 g/mol. The summed E-state index contributed by atoms with van der Waals surface area (Å²) in [6.07, 6.45) is 4.56. The number of aromatic nitrogens is 3. The predicted octanol–water partition coefficient (Wildman–Crippen LogP) is 6.42. The van der Waals surface area contributed by atoms with Crippen LogP contribution in [0.5, 0.6) is 0 Å². The maximum absolute atomic E-state index is 12.9. The first-order chi connectivity index (χ1) is 19.0. The topological polar surface area (TPSA) is 113 Å². The van der Waals surface area contributed by atoms with E-state index in [0.717, 1.165) is 24.8 Å². The monoisotopic (exact) mass is 596 g/mol. The molecular formula is C29H33ClN6O2S2. The van der Waals surface area contributed by atoms with E-state index in [-0.39, 0.29) is 23.0 Å². The van der Waals surface area contributed by atoms with Crippen LogP contribution in [0.1, 0.15) is 72.3 Å². The Hall–Kier alpha value is -3.13. The second kappa shape index (κ2) is 12.6. The van der Waals surface area contributed by atoms with Crippen LogP contribution >= 0.6 is 34.7 Å². The van der Waals surface area contributed by atoms with Crippen molar-refractivity contribution in [1.29, 1.82) is 5.26 Å². The lowest BCUT2D eigenvalue weighted by Crippen LogP contribution is -2.28. The molecule has 1 aromatic carbocycles. The summed E-state index contributed by atoms with van der Waals surface area (Å²) < 4.78 is 1.83. The molecule has 11 heteroatoms. The summed E-state index contributed by atoms with van der Waals surface area (Å²) in [6, 6.07) is 8.52. The minimum atomic E-state index is -0.439. The lowest BCUT2D eigenvalue weighted by Gasteiger charge is -2.33. The highest BCUT2D eigenvalue weighted by molar-refractivity contribution is 7.99. The van der Waals surface area contributed by atoms with E-state index in [1.54, 1.807) is 30.3 Å². The number of halogens is 1. The third kappa shape index (κ3) is 6.77. The van der Waals surface area contributed by atoms with Gasteiger partial charge in [0.2, 0.25) is 5.91 Å². The van der Waals surface area contributed by atoms with Gasteiger partial charge in [0.1, 0.15) is 11.1 Å². The molecule has 8 nitrogen and oxygen atoms in total. The standard InChI is InChI=1S/C29H33ClN6O2S2/c1-6-13-36-25(17(2)32-26(38)18-7-10-20(30)11-8-18)34-35-28(36)39-16-24(37)33-27-22(15-31)21-12-9-19(29(3,4)5)14-23(21)40-27/h6-8,10-11,17,19H,1,9,12-14,16H2,2-5H3,(H,32,38)(H,33,37)/t17-,19-/m0/s1. The normalized spacial score (nSPS) is 15.6. The van der Waals surface area contributed by atoms with Crippen molar-refractivity contribution in [3.05, 3.63) is 69.3 Å². The molecule has 1 aliphatic carbocycles. The van der Waals surface area contributed by atoms with E-state index < -0.39 is 6.04 Å². The Morgan fingerprint density at radius 2 is 2.05 bits per heavy atom. The molecule has 2 amide bonds. The van der Waals surface area contributed by atoms with Gasteiger partial charge in [0.05, 0.1) is 17.4 Å². The SMILES string of the molecule is C=CCn1c(SCC(=O)Nc2sc3c(c2C#N)CC[C@H](C(C)(C)C)C3)nnc1[C@H](C)NC(=O)c1ccc(Cl)cc1. The molecule has 210 valence electrons. The summed E-state index contributed by atoms with van der Waals surface area (Å²) in [5.41, 5.74) is 2.36. The van der Waals surface area contributed by atoms with Gasteiger partial charge < -0.3 is 15.2 Å². The number of amides is 2. The molecule has 0 spiro atoms. The zero-order chi connectivity index (χ0) is 29.0. The molecule has 0 saturated carbocycles. The van der Waals surface area contributed by atoms with Crippen LogP contribution in [0.4, 0.5) is 5.00 Å². The van der Waals surface area contributed by atoms with Crippen LogP contribution in [-0.2, 0) is 24.2 Å². The number of carbonyl (C=O) groups is 2. The molecule has 1 aliphatic rings. The van der Waals surface area contributed by atoms with Crippen LogP contribution in [0.2, 0.25) is 5.02 Å². The van der Waals surface area contributed by atoms with Crippen molar-refractivity contribution in [2.45, 2.75) is 64.7 Å². The van der Waals surface area contributed by atoms with Crippen LogP contribution in [-0.4, -0.2) is 32.3 Å². The third-order valence-electron chi connectivity index (χ3n) is 7.09. The number of thiophene rings is 1. The van der Waals surface area contributed by atoms with Gasteiger partial charge in [-0.3, -0.25) is 9.59 Å². The second-order valence-electron chi connectivity index (χ2n) is 10.9. The molecule has 0 aliphatic heterocycles. The van der Waals surface area contributed by atoms with E-state index in [1.807, 2.05) is 11.5 Å². The van der Waals surface area contributed by atoms with E-state index in [9.17, 15) is 14.9 Å². The second-order valence-corrected chi connectivity index (χ2v) is 13.4. The molecule has 0 saturated heterocycles. The van der Waals surface area contributed by atoms with Gasteiger partial charge in [-0.2, -0.15) is 5.26 Å². The Morgan fingerprint density at radius 1 is 1.32 bits per heavy atom.